The summed E-state index contributed by atoms with van der Waals surface area (Å²) in [4.78, 5) is 11.3. The first-order valence-corrected chi connectivity index (χ1v) is 7.84. The highest BCUT2D eigenvalue weighted by molar-refractivity contribution is 5.98. The maximum absolute atomic E-state index is 11.3. The Bertz CT molecular complexity index is 1080. The molecule has 1 atom stereocenters. The van der Waals surface area contributed by atoms with Crippen LogP contribution in [-0.2, 0) is 16.0 Å². The van der Waals surface area contributed by atoms with Crippen molar-refractivity contribution in [3.8, 4) is 0 Å². The SMILES string of the molecule is O=C1C=CC(C2=c3ccc4c5c(ccc4c3C=C2)=CC=CC5)O1. The Morgan fingerprint density at radius 2 is 1.91 bits per heavy atom. The first-order chi connectivity index (χ1) is 11.3. The summed E-state index contributed by atoms with van der Waals surface area (Å²) in [6.07, 6.45) is 14.8. The Labute approximate surface area is 133 Å². The van der Waals surface area contributed by atoms with Gasteiger partial charge in [0, 0.05) is 11.6 Å². The second kappa shape index (κ2) is 4.56. The van der Waals surface area contributed by atoms with Crippen LogP contribution in [0, 0.1) is 0 Å². The normalized spacial score (nSPS) is 20.6. The molecule has 5 rings (SSSR count). The van der Waals surface area contributed by atoms with Gasteiger partial charge in [-0.15, -0.1) is 0 Å². The third kappa shape index (κ3) is 1.78. The molecule has 0 amide bonds. The fourth-order valence-corrected chi connectivity index (χ4v) is 3.73. The van der Waals surface area contributed by atoms with E-state index in [2.05, 4.69) is 54.6 Å². The molecule has 1 aliphatic heterocycles. The van der Waals surface area contributed by atoms with Crippen molar-refractivity contribution < 1.29 is 9.53 Å². The predicted molar refractivity (Wildman–Crippen MR) is 92.0 cm³/mol. The van der Waals surface area contributed by atoms with Crippen molar-refractivity contribution in [3.05, 3.63) is 76.2 Å². The molecule has 2 aromatic carbocycles. The molecule has 0 saturated carbocycles. The quantitative estimate of drug-likeness (QED) is 0.756. The van der Waals surface area contributed by atoms with Crippen molar-refractivity contribution in [2.45, 2.75) is 12.5 Å². The van der Waals surface area contributed by atoms with Crippen LogP contribution in [-0.4, -0.2) is 12.1 Å². The zero-order valence-corrected chi connectivity index (χ0v) is 12.5. The van der Waals surface area contributed by atoms with Gasteiger partial charge in [0.25, 0.3) is 0 Å². The van der Waals surface area contributed by atoms with E-state index in [9.17, 15) is 4.79 Å². The lowest BCUT2D eigenvalue weighted by Gasteiger charge is -2.11. The molecular weight excluding hydrogens is 284 g/mol. The van der Waals surface area contributed by atoms with E-state index in [0.29, 0.717) is 0 Å². The van der Waals surface area contributed by atoms with E-state index in [1.165, 1.54) is 33.2 Å². The van der Waals surface area contributed by atoms with Gasteiger partial charge in [0.1, 0.15) is 6.10 Å². The monoisotopic (exact) mass is 298 g/mol. The smallest absolute Gasteiger partial charge is 0.331 e. The minimum Gasteiger partial charge on any atom is -0.450 e. The van der Waals surface area contributed by atoms with Gasteiger partial charge in [0.05, 0.1) is 0 Å². The lowest BCUT2D eigenvalue weighted by Crippen LogP contribution is -2.18. The lowest BCUT2D eigenvalue weighted by molar-refractivity contribution is -0.136. The maximum Gasteiger partial charge on any atom is 0.331 e. The Hall–Kier alpha value is -2.87. The van der Waals surface area contributed by atoms with E-state index in [-0.39, 0.29) is 12.1 Å². The Morgan fingerprint density at radius 1 is 1.00 bits per heavy atom. The molecule has 0 saturated heterocycles. The lowest BCUT2D eigenvalue weighted by atomic mass is 9.93. The molecule has 2 aromatic rings. The van der Waals surface area contributed by atoms with Gasteiger partial charge >= 0.3 is 5.97 Å². The number of hydrogen-bond donors (Lipinski definition) is 0. The topological polar surface area (TPSA) is 26.3 Å². The fourth-order valence-electron chi connectivity index (χ4n) is 3.73. The summed E-state index contributed by atoms with van der Waals surface area (Å²) in [5.74, 6) is -0.262. The van der Waals surface area contributed by atoms with Gasteiger partial charge < -0.3 is 4.74 Å². The number of rotatable bonds is 1. The first-order valence-electron chi connectivity index (χ1n) is 7.84. The van der Waals surface area contributed by atoms with E-state index in [1.54, 1.807) is 0 Å². The largest absolute Gasteiger partial charge is 0.450 e. The summed E-state index contributed by atoms with van der Waals surface area (Å²) < 4.78 is 5.35. The van der Waals surface area contributed by atoms with Crippen molar-refractivity contribution in [3.63, 3.8) is 0 Å². The molecule has 110 valence electrons. The maximum atomic E-state index is 11.3. The number of carbonyl (C=O) groups excluding carboxylic acids is 1. The van der Waals surface area contributed by atoms with Gasteiger partial charge in [-0.1, -0.05) is 54.6 Å². The van der Waals surface area contributed by atoms with Crippen LogP contribution < -0.4 is 10.4 Å². The van der Waals surface area contributed by atoms with Crippen LogP contribution in [0.15, 0.2) is 54.6 Å². The van der Waals surface area contributed by atoms with Gasteiger partial charge in [0.2, 0.25) is 0 Å². The first kappa shape index (κ1) is 12.7. The van der Waals surface area contributed by atoms with Crippen LogP contribution >= 0.6 is 0 Å². The van der Waals surface area contributed by atoms with Gasteiger partial charge in [-0.2, -0.15) is 0 Å². The zero-order chi connectivity index (χ0) is 15.4. The second-order valence-electron chi connectivity index (χ2n) is 6.06. The molecule has 0 radical (unpaired) electrons. The molecule has 3 aliphatic rings. The van der Waals surface area contributed by atoms with E-state index in [0.717, 1.165) is 17.2 Å². The number of benzene rings is 2. The molecular formula is C21H14O2. The average molecular weight is 298 g/mol. The number of esters is 1. The van der Waals surface area contributed by atoms with E-state index in [4.69, 9.17) is 4.74 Å². The van der Waals surface area contributed by atoms with Crippen molar-refractivity contribution in [2.24, 2.45) is 0 Å². The summed E-state index contributed by atoms with van der Waals surface area (Å²) >= 11 is 0. The van der Waals surface area contributed by atoms with Crippen LogP contribution in [0.2, 0.25) is 0 Å². The van der Waals surface area contributed by atoms with Crippen molar-refractivity contribution in [2.75, 3.05) is 0 Å². The van der Waals surface area contributed by atoms with E-state index in [1.807, 2.05) is 6.08 Å². The number of allylic oxidation sites excluding steroid dienone is 2. The van der Waals surface area contributed by atoms with E-state index >= 15 is 0 Å². The van der Waals surface area contributed by atoms with Gasteiger partial charge in [-0.05, 0) is 44.8 Å². The fraction of sp³-hybridized carbons (Fsp3) is 0.0952. The van der Waals surface area contributed by atoms with Crippen LogP contribution in [0.25, 0.3) is 28.5 Å². The van der Waals surface area contributed by atoms with Crippen LogP contribution in [0.3, 0.4) is 0 Å². The Kier molecular flexibility index (Phi) is 2.51. The molecule has 0 spiro atoms. The number of carbonyl (C=O) groups is 1. The predicted octanol–water partition coefficient (Wildman–Crippen LogP) is 2.39. The summed E-state index contributed by atoms with van der Waals surface area (Å²) in [6, 6.07) is 8.76. The average Bonchev–Trinajstić information content (AvgIpc) is 3.20. The van der Waals surface area contributed by atoms with Gasteiger partial charge in [-0.3, -0.25) is 0 Å². The summed E-state index contributed by atoms with van der Waals surface area (Å²) in [5.41, 5.74) is 3.68. The second-order valence-corrected chi connectivity index (χ2v) is 6.06. The Balaban J connectivity index is 1.79. The number of fused-ring (bicyclic) bond motifs is 5. The molecule has 0 aromatic heterocycles. The molecule has 1 heterocycles. The van der Waals surface area contributed by atoms with Crippen LogP contribution in [0.1, 0.15) is 11.1 Å². The molecule has 0 N–H and O–H groups in total. The highest BCUT2D eigenvalue weighted by Crippen LogP contribution is 2.27. The Morgan fingerprint density at radius 3 is 2.78 bits per heavy atom. The summed E-state index contributed by atoms with van der Waals surface area (Å²) in [7, 11) is 0. The third-order valence-electron chi connectivity index (χ3n) is 4.82. The summed E-state index contributed by atoms with van der Waals surface area (Å²) in [6.45, 7) is 0. The van der Waals surface area contributed by atoms with Gasteiger partial charge in [-0.25, -0.2) is 4.79 Å². The van der Waals surface area contributed by atoms with E-state index < -0.39 is 0 Å². The number of ether oxygens (including phenoxy) is 1. The third-order valence-corrected chi connectivity index (χ3v) is 4.82. The van der Waals surface area contributed by atoms with Crippen molar-refractivity contribution >= 4 is 34.5 Å². The number of cyclic esters (lactones) is 1. The summed E-state index contributed by atoms with van der Waals surface area (Å²) in [5, 5.41) is 5.05. The van der Waals surface area contributed by atoms with Crippen LogP contribution in [0.4, 0.5) is 0 Å². The molecule has 2 nitrogen and oxygen atoms in total. The van der Waals surface area contributed by atoms with Crippen LogP contribution in [0.5, 0.6) is 0 Å². The zero-order valence-electron chi connectivity index (χ0n) is 12.5. The minimum atomic E-state index is -0.262. The molecule has 0 bridgehead atoms. The number of hydrogen-bond acceptors (Lipinski definition) is 2. The van der Waals surface area contributed by atoms with Crippen molar-refractivity contribution in [1.29, 1.82) is 0 Å². The molecule has 1 unspecified atom stereocenters. The van der Waals surface area contributed by atoms with Gasteiger partial charge in [0.15, 0.2) is 0 Å². The molecule has 0 fully saturated rings. The molecule has 2 heteroatoms. The minimum absolute atomic E-state index is 0.258. The highest BCUT2D eigenvalue weighted by atomic mass is 16.5. The molecule has 2 aliphatic carbocycles. The highest BCUT2D eigenvalue weighted by Gasteiger charge is 2.23. The molecule has 23 heavy (non-hydrogen) atoms. The standard InChI is InChI=1S/C21H14O2/c22-21-12-11-20(23-21)19-10-9-17-16-6-5-13-3-1-2-4-14(13)15(16)7-8-18(17)19/h1-3,5-12,20H,4H2. The van der Waals surface area contributed by atoms with Crippen molar-refractivity contribution in [1.82, 2.24) is 0 Å².